The summed E-state index contributed by atoms with van der Waals surface area (Å²) in [5.74, 6) is 2.23. The van der Waals surface area contributed by atoms with Gasteiger partial charge >= 0.3 is 0 Å². The zero-order valence-corrected chi connectivity index (χ0v) is 10.8. The van der Waals surface area contributed by atoms with Gasteiger partial charge in [-0.1, -0.05) is 6.92 Å². The second-order valence-corrected chi connectivity index (χ2v) is 4.33. The Labute approximate surface area is 106 Å². The summed E-state index contributed by atoms with van der Waals surface area (Å²) >= 11 is 0. The molecular formula is C13H17N3O2. The van der Waals surface area contributed by atoms with Crippen LogP contribution in [0.5, 0.6) is 0 Å². The van der Waals surface area contributed by atoms with Gasteiger partial charge in [-0.2, -0.15) is 0 Å². The maximum atomic E-state index is 11.5. The molecule has 2 heterocycles. The van der Waals surface area contributed by atoms with Gasteiger partial charge in [0.25, 0.3) is 0 Å². The van der Waals surface area contributed by atoms with Crippen LogP contribution in [-0.4, -0.2) is 22.5 Å². The lowest BCUT2D eigenvalue weighted by atomic mass is 10.1. The van der Waals surface area contributed by atoms with Crippen molar-refractivity contribution < 1.29 is 9.21 Å². The van der Waals surface area contributed by atoms with Crippen molar-refractivity contribution in [3.63, 3.8) is 0 Å². The molecule has 0 saturated heterocycles. The first-order valence-electron chi connectivity index (χ1n) is 5.91. The van der Waals surface area contributed by atoms with Crippen LogP contribution in [-0.2, 0) is 11.3 Å². The first kappa shape index (κ1) is 12.4. The van der Waals surface area contributed by atoms with Crippen LogP contribution in [0.4, 0.5) is 0 Å². The second kappa shape index (κ2) is 5.08. The molecule has 1 atom stereocenters. The Morgan fingerprint density at radius 3 is 2.94 bits per heavy atom. The number of nitrogens with zero attached hydrogens (tertiary/aromatic N) is 2. The zero-order chi connectivity index (χ0) is 13.1. The van der Waals surface area contributed by atoms with Crippen LogP contribution < -0.4 is 5.32 Å². The number of hydrogen-bond donors (Lipinski definition) is 1. The molecule has 18 heavy (non-hydrogen) atoms. The van der Waals surface area contributed by atoms with Crippen LogP contribution in [0.3, 0.4) is 0 Å². The molecule has 0 aliphatic heterocycles. The Hall–Kier alpha value is -2.04. The van der Waals surface area contributed by atoms with Crippen molar-refractivity contribution in [2.45, 2.75) is 20.4 Å². The minimum Gasteiger partial charge on any atom is -0.458 e. The minimum atomic E-state index is -0.112. The fourth-order valence-electron chi connectivity index (χ4n) is 1.86. The van der Waals surface area contributed by atoms with E-state index in [9.17, 15) is 4.79 Å². The van der Waals surface area contributed by atoms with E-state index in [2.05, 4.69) is 10.3 Å². The third-order valence-electron chi connectivity index (χ3n) is 2.84. The molecule has 1 unspecified atom stereocenters. The SMILES string of the molecule is CNC(=O)C(C)Cn1ccnc1-c1ccc(C)o1. The molecule has 2 aromatic rings. The van der Waals surface area contributed by atoms with Crippen LogP contribution in [0.2, 0.25) is 0 Å². The molecule has 0 saturated carbocycles. The molecule has 2 rings (SSSR count). The highest BCUT2D eigenvalue weighted by Gasteiger charge is 2.15. The van der Waals surface area contributed by atoms with Crippen LogP contribution in [0.1, 0.15) is 12.7 Å². The molecule has 0 radical (unpaired) electrons. The van der Waals surface area contributed by atoms with Crippen LogP contribution in [0, 0.1) is 12.8 Å². The van der Waals surface area contributed by atoms with Gasteiger partial charge in [-0.15, -0.1) is 0 Å². The van der Waals surface area contributed by atoms with Gasteiger partial charge in [-0.05, 0) is 19.1 Å². The topological polar surface area (TPSA) is 60.1 Å². The first-order valence-corrected chi connectivity index (χ1v) is 5.91. The average molecular weight is 247 g/mol. The van der Waals surface area contributed by atoms with Crippen molar-refractivity contribution in [3.05, 3.63) is 30.3 Å². The molecule has 0 aliphatic rings. The monoisotopic (exact) mass is 247 g/mol. The van der Waals surface area contributed by atoms with Gasteiger partial charge in [-0.25, -0.2) is 4.98 Å². The van der Waals surface area contributed by atoms with E-state index in [-0.39, 0.29) is 11.8 Å². The van der Waals surface area contributed by atoms with E-state index in [1.54, 1.807) is 13.2 Å². The highest BCUT2D eigenvalue weighted by atomic mass is 16.3. The fraction of sp³-hybridized carbons (Fsp3) is 0.385. The molecule has 2 aromatic heterocycles. The first-order chi connectivity index (χ1) is 8.61. The quantitative estimate of drug-likeness (QED) is 0.896. The standard InChI is InChI=1S/C13H17N3O2/c1-9(13(17)14-3)8-16-7-6-15-12(16)11-5-4-10(2)18-11/h4-7,9H,8H2,1-3H3,(H,14,17). The molecule has 0 aliphatic carbocycles. The fourth-order valence-corrected chi connectivity index (χ4v) is 1.86. The lowest BCUT2D eigenvalue weighted by molar-refractivity contribution is -0.124. The summed E-state index contributed by atoms with van der Waals surface area (Å²) in [4.78, 5) is 15.8. The lowest BCUT2D eigenvalue weighted by Gasteiger charge is -2.12. The number of nitrogens with one attached hydrogen (secondary N) is 1. The van der Waals surface area contributed by atoms with E-state index in [0.717, 1.165) is 17.3 Å². The van der Waals surface area contributed by atoms with Crippen LogP contribution >= 0.6 is 0 Å². The molecule has 1 amide bonds. The minimum absolute atomic E-state index is 0.0188. The number of aromatic nitrogens is 2. The number of hydrogen-bond acceptors (Lipinski definition) is 3. The summed E-state index contributed by atoms with van der Waals surface area (Å²) in [5, 5.41) is 2.64. The summed E-state index contributed by atoms with van der Waals surface area (Å²) in [6.45, 7) is 4.36. The van der Waals surface area contributed by atoms with Crippen molar-refractivity contribution in [1.82, 2.24) is 14.9 Å². The van der Waals surface area contributed by atoms with E-state index in [4.69, 9.17) is 4.42 Å². The number of carbonyl (C=O) groups excluding carboxylic acids is 1. The van der Waals surface area contributed by atoms with Gasteiger partial charge in [0.1, 0.15) is 5.76 Å². The van der Waals surface area contributed by atoms with Crippen LogP contribution in [0.25, 0.3) is 11.6 Å². The zero-order valence-electron chi connectivity index (χ0n) is 10.8. The van der Waals surface area contributed by atoms with Crippen LogP contribution in [0.15, 0.2) is 28.9 Å². The van der Waals surface area contributed by atoms with Gasteiger partial charge in [-0.3, -0.25) is 4.79 Å². The van der Waals surface area contributed by atoms with E-state index in [0.29, 0.717) is 6.54 Å². The van der Waals surface area contributed by atoms with E-state index < -0.39 is 0 Å². The molecule has 5 heteroatoms. The predicted molar refractivity (Wildman–Crippen MR) is 67.9 cm³/mol. The summed E-state index contributed by atoms with van der Waals surface area (Å²) in [6.07, 6.45) is 3.57. The third kappa shape index (κ3) is 2.45. The molecule has 5 nitrogen and oxygen atoms in total. The summed E-state index contributed by atoms with van der Waals surface area (Å²) in [7, 11) is 1.64. The van der Waals surface area contributed by atoms with E-state index in [1.807, 2.05) is 36.7 Å². The second-order valence-electron chi connectivity index (χ2n) is 4.33. The van der Waals surface area contributed by atoms with Crippen molar-refractivity contribution in [3.8, 4) is 11.6 Å². The largest absolute Gasteiger partial charge is 0.458 e. The predicted octanol–water partition coefficient (Wildman–Crippen LogP) is 1.83. The molecule has 0 bridgehead atoms. The Morgan fingerprint density at radius 2 is 2.33 bits per heavy atom. The van der Waals surface area contributed by atoms with Gasteiger partial charge in [0.15, 0.2) is 11.6 Å². The molecule has 1 N–H and O–H groups in total. The highest BCUT2D eigenvalue weighted by molar-refractivity contribution is 5.77. The van der Waals surface area contributed by atoms with Crippen molar-refractivity contribution >= 4 is 5.91 Å². The lowest BCUT2D eigenvalue weighted by Crippen LogP contribution is -2.28. The maximum Gasteiger partial charge on any atom is 0.224 e. The third-order valence-corrected chi connectivity index (χ3v) is 2.84. The van der Waals surface area contributed by atoms with Gasteiger partial charge in [0.2, 0.25) is 5.91 Å². The summed E-state index contributed by atoms with van der Waals surface area (Å²) < 4.78 is 7.48. The molecule has 0 spiro atoms. The molecule has 96 valence electrons. The van der Waals surface area contributed by atoms with Crippen molar-refractivity contribution in [1.29, 1.82) is 0 Å². The van der Waals surface area contributed by atoms with Gasteiger partial charge in [0.05, 0.1) is 5.92 Å². The summed E-state index contributed by atoms with van der Waals surface area (Å²) in [5.41, 5.74) is 0. The molecule has 0 aromatic carbocycles. The molecular weight excluding hydrogens is 230 g/mol. The Balaban J connectivity index is 2.20. The number of aryl methyl sites for hydroxylation is 1. The van der Waals surface area contributed by atoms with Gasteiger partial charge in [0, 0.05) is 26.0 Å². The number of imidazole rings is 1. The summed E-state index contributed by atoms with van der Waals surface area (Å²) in [6, 6.07) is 3.79. The normalized spacial score (nSPS) is 12.4. The average Bonchev–Trinajstić information content (AvgIpc) is 2.96. The number of amides is 1. The number of rotatable bonds is 4. The van der Waals surface area contributed by atoms with E-state index in [1.165, 1.54) is 0 Å². The van der Waals surface area contributed by atoms with Gasteiger partial charge < -0.3 is 14.3 Å². The van der Waals surface area contributed by atoms with Crippen molar-refractivity contribution in [2.75, 3.05) is 7.05 Å². The number of carbonyl (C=O) groups is 1. The Kier molecular flexibility index (Phi) is 3.50. The Morgan fingerprint density at radius 1 is 1.56 bits per heavy atom. The smallest absolute Gasteiger partial charge is 0.224 e. The maximum absolute atomic E-state index is 11.5. The highest BCUT2D eigenvalue weighted by Crippen LogP contribution is 2.21. The number of furan rings is 1. The Bertz CT molecular complexity index is 542. The van der Waals surface area contributed by atoms with Crippen molar-refractivity contribution in [2.24, 2.45) is 5.92 Å². The van der Waals surface area contributed by atoms with E-state index >= 15 is 0 Å². The molecule has 0 fully saturated rings.